The molecule has 0 radical (unpaired) electrons. The van der Waals surface area contributed by atoms with Crippen LogP contribution in [0.1, 0.15) is 39.5 Å². The van der Waals surface area contributed by atoms with Crippen LogP contribution in [0.5, 0.6) is 0 Å². The predicted octanol–water partition coefficient (Wildman–Crippen LogP) is 1.66. The Kier molecular flexibility index (Phi) is 5.02. The number of ether oxygens (including phenoxy) is 1. The zero-order valence-corrected chi connectivity index (χ0v) is 12.3. The molecule has 5 heteroatoms. The van der Waals surface area contributed by atoms with Gasteiger partial charge in [-0.1, -0.05) is 13.3 Å². The highest BCUT2D eigenvalue weighted by Crippen LogP contribution is 2.38. The van der Waals surface area contributed by atoms with E-state index in [2.05, 4.69) is 12.2 Å². The van der Waals surface area contributed by atoms with Gasteiger partial charge in [0.25, 0.3) is 0 Å². The molecule has 1 saturated heterocycles. The second-order valence-corrected chi connectivity index (χ2v) is 6.22. The molecule has 5 atom stereocenters. The van der Waals surface area contributed by atoms with Crippen molar-refractivity contribution in [2.24, 2.45) is 23.7 Å². The van der Waals surface area contributed by atoms with Gasteiger partial charge in [0.15, 0.2) is 0 Å². The highest BCUT2D eigenvalue weighted by molar-refractivity contribution is 5.85. The molecule has 114 valence electrons. The minimum Gasteiger partial charge on any atom is -0.481 e. The number of hydrogen-bond donors (Lipinski definition) is 2. The Balaban J connectivity index is 1.94. The van der Waals surface area contributed by atoms with Crippen molar-refractivity contribution < 1.29 is 19.4 Å². The molecule has 2 aliphatic rings. The molecule has 0 bridgehead atoms. The number of nitrogens with one attached hydrogen (secondary N) is 1. The van der Waals surface area contributed by atoms with E-state index in [0.717, 1.165) is 19.4 Å². The van der Waals surface area contributed by atoms with Crippen LogP contribution < -0.4 is 5.32 Å². The molecule has 2 fully saturated rings. The number of carboxylic acid groups (broad SMARTS) is 1. The molecule has 1 aliphatic carbocycles. The molecule has 0 aromatic heterocycles. The van der Waals surface area contributed by atoms with E-state index in [0.29, 0.717) is 31.3 Å². The molecule has 1 heterocycles. The van der Waals surface area contributed by atoms with Gasteiger partial charge in [0.05, 0.1) is 18.4 Å². The first-order valence-electron chi connectivity index (χ1n) is 7.63. The second kappa shape index (κ2) is 6.57. The molecule has 0 spiro atoms. The van der Waals surface area contributed by atoms with Crippen LogP contribution in [0, 0.1) is 23.7 Å². The summed E-state index contributed by atoms with van der Waals surface area (Å²) < 4.78 is 5.33. The Morgan fingerprint density at radius 3 is 2.60 bits per heavy atom. The van der Waals surface area contributed by atoms with Crippen molar-refractivity contribution >= 4 is 11.9 Å². The molecule has 5 nitrogen and oxygen atoms in total. The fourth-order valence-corrected chi connectivity index (χ4v) is 3.44. The van der Waals surface area contributed by atoms with Crippen molar-refractivity contribution in [3.05, 3.63) is 0 Å². The van der Waals surface area contributed by atoms with E-state index in [1.54, 1.807) is 0 Å². The van der Waals surface area contributed by atoms with Crippen molar-refractivity contribution in [3.8, 4) is 0 Å². The van der Waals surface area contributed by atoms with E-state index in [4.69, 9.17) is 4.74 Å². The SMILES string of the molecule is CCC1CC(C(=O)O)C(C(=O)NC(C)C2CCOC2)C1. The number of aliphatic carboxylic acids is 1. The molecule has 2 N–H and O–H groups in total. The number of carbonyl (C=O) groups excluding carboxylic acids is 1. The van der Waals surface area contributed by atoms with Gasteiger partial charge >= 0.3 is 5.97 Å². The molecule has 0 aromatic carbocycles. The van der Waals surface area contributed by atoms with Gasteiger partial charge in [-0.15, -0.1) is 0 Å². The largest absolute Gasteiger partial charge is 0.481 e. The van der Waals surface area contributed by atoms with Crippen molar-refractivity contribution in [2.75, 3.05) is 13.2 Å². The Morgan fingerprint density at radius 1 is 1.35 bits per heavy atom. The summed E-state index contributed by atoms with van der Waals surface area (Å²) >= 11 is 0. The Hall–Kier alpha value is -1.10. The first-order valence-corrected chi connectivity index (χ1v) is 7.63. The molecule has 1 aliphatic heterocycles. The average Bonchev–Trinajstić information content (AvgIpc) is 3.07. The predicted molar refractivity (Wildman–Crippen MR) is 74.2 cm³/mol. The van der Waals surface area contributed by atoms with E-state index in [9.17, 15) is 14.7 Å². The summed E-state index contributed by atoms with van der Waals surface area (Å²) in [7, 11) is 0. The van der Waals surface area contributed by atoms with E-state index in [-0.39, 0.29) is 17.9 Å². The van der Waals surface area contributed by atoms with Gasteiger partial charge in [-0.2, -0.15) is 0 Å². The fraction of sp³-hybridized carbons (Fsp3) is 0.867. The summed E-state index contributed by atoms with van der Waals surface area (Å²) in [6.07, 6.45) is 3.24. The Bertz CT molecular complexity index is 365. The van der Waals surface area contributed by atoms with Gasteiger partial charge in [-0.3, -0.25) is 9.59 Å². The first-order chi connectivity index (χ1) is 9.52. The lowest BCUT2D eigenvalue weighted by atomic mass is 9.93. The Morgan fingerprint density at radius 2 is 2.05 bits per heavy atom. The van der Waals surface area contributed by atoms with Crippen LogP contribution in [0.3, 0.4) is 0 Å². The van der Waals surface area contributed by atoms with E-state index >= 15 is 0 Å². The minimum absolute atomic E-state index is 0.0557. The molecule has 5 unspecified atom stereocenters. The third kappa shape index (κ3) is 3.32. The van der Waals surface area contributed by atoms with Gasteiger partial charge in [-0.25, -0.2) is 0 Å². The van der Waals surface area contributed by atoms with E-state index < -0.39 is 11.9 Å². The number of rotatable bonds is 5. The van der Waals surface area contributed by atoms with Gasteiger partial charge in [0.2, 0.25) is 5.91 Å². The third-order valence-corrected chi connectivity index (χ3v) is 4.93. The molecular formula is C15H25NO4. The van der Waals surface area contributed by atoms with Crippen LogP contribution in [0.25, 0.3) is 0 Å². The zero-order chi connectivity index (χ0) is 14.7. The lowest BCUT2D eigenvalue weighted by Gasteiger charge is -2.23. The van der Waals surface area contributed by atoms with Crippen molar-refractivity contribution in [1.82, 2.24) is 5.32 Å². The van der Waals surface area contributed by atoms with Crippen molar-refractivity contribution in [1.29, 1.82) is 0 Å². The summed E-state index contributed by atoms with van der Waals surface area (Å²) in [5, 5.41) is 12.3. The van der Waals surface area contributed by atoms with Gasteiger partial charge in [0.1, 0.15) is 0 Å². The van der Waals surface area contributed by atoms with E-state index in [1.807, 2.05) is 6.92 Å². The standard InChI is InChI=1S/C15H25NO4/c1-3-10-6-12(13(7-10)15(18)19)14(17)16-9(2)11-4-5-20-8-11/h9-13H,3-8H2,1-2H3,(H,16,17)(H,18,19). The number of carbonyl (C=O) groups is 2. The van der Waals surface area contributed by atoms with Crippen LogP contribution >= 0.6 is 0 Å². The lowest BCUT2D eigenvalue weighted by Crippen LogP contribution is -2.43. The van der Waals surface area contributed by atoms with Crippen LogP contribution in [0.2, 0.25) is 0 Å². The van der Waals surface area contributed by atoms with Crippen molar-refractivity contribution in [2.45, 2.75) is 45.6 Å². The average molecular weight is 283 g/mol. The molecule has 20 heavy (non-hydrogen) atoms. The van der Waals surface area contributed by atoms with Crippen LogP contribution in [0.4, 0.5) is 0 Å². The third-order valence-electron chi connectivity index (χ3n) is 4.93. The van der Waals surface area contributed by atoms with E-state index in [1.165, 1.54) is 0 Å². The quantitative estimate of drug-likeness (QED) is 0.804. The van der Waals surface area contributed by atoms with Gasteiger partial charge in [-0.05, 0) is 32.1 Å². The van der Waals surface area contributed by atoms with Crippen molar-refractivity contribution in [3.63, 3.8) is 0 Å². The number of carboxylic acids is 1. The molecule has 1 saturated carbocycles. The Labute approximate surface area is 120 Å². The molecule has 0 aromatic rings. The summed E-state index contributed by atoms with van der Waals surface area (Å²) in [4.78, 5) is 23.7. The van der Waals surface area contributed by atoms with Crippen LogP contribution in [-0.2, 0) is 14.3 Å². The van der Waals surface area contributed by atoms with Crippen LogP contribution in [-0.4, -0.2) is 36.2 Å². The smallest absolute Gasteiger partial charge is 0.307 e. The fourth-order valence-electron chi connectivity index (χ4n) is 3.44. The topological polar surface area (TPSA) is 75.6 Å². The first kappa shape index (κ1) is 15.3. The summed E-state index contributed by atoms with van der Waals surface area (Å²) in [6, 6.07) is 0.0557. The maximum absolute atomic E-state index is 12.4. The molecule has 2 rings (SSSR count). The number of hydrogen-bond acceptors (Lipinski definition) is 3. The summed E-state index contributed by atoms with van der Waals surface area (Å²) in [5.41, 5.74) is 0. The van der Waals surface area contributed by atoms with Gasteiger partial charge in [0, 0.05) is 18.6 Å². The normalized spacial score (nSPS) is 34.9. The van der Waals surface area contributed by atoms with Crippen LogP contribution in [0.15, 0.2) is 0 Å². The second-order valence-electron chi connectivity index (χ2n) is 6.22. The molecule has 1 amide bonds. The maximum atomic E-state index is 12.4. The maximum Gasteiger partial charge on any atom is 0.307 e. The summed E-state index contributed by atoms with van der Waals surface area (Å²) in [5.74, 6) is -1.11. The highest BCUT2D eigenvalue weighted by atomic mass is 16.5. The minimum atomic E-state index is -0.835. The lowest BCUT2D eigenvalue weighted by molar-refractivity contribution is -0.146. The summed E-state index contributed by atoms with van der Waals surface area (Å²) in [6.45, 7) is 5.48. The van der Waals surface area contributed by atoms with Gasteiger partial charge < -0.3 is 15.2 Å². The highest BCUT2D eigenvalue weighted by Gasteiger charge is 2.42. The monoisotopic (exact) mass is 283 g/mol. The zero-order valence-electron chi connectivity index (χ0n) is 12.3. The molecular weight excluding hydrogens is 258 g/mol. The number of amides is 1.